The van der Waals surface area contributed by atoms with Gasteiger partial charge in [0.15, 0.2) is 17.5 Å². The monoisotopic (exact) mass is 263 g/mol. The molecule has 0 fully saturated rings. The lowest BCUT2D eigenvalue weighted by Crippen LogP contribution is -2.32. The van der Waals surface area contributed by atoms with E-state index in [9.17, 15) is 0 Å². The molecule has 1 aromatic rings. The first kappa shape index (κ1) is 13.0. The van der Waals surface area contributed by atoms with Crippen LogP contribution in [0.2, 0.25) is 0 Å². The topological polar surface area (TPSA) is 98.5 Å². The van der Waals surface area contributed by atoms with E-state index in [4.69, 9.17) is 20.9 Å². The molecule has 7 nitrogen and oxygen atoms in total. The molecule has 1 aromatic carbocycles. The van der Waals surface area contributed by atoms with E-state index < -0.39 is 0 Å². The molecule has 0 amide bonds. The first-order valence-electron chi connectivity index (χ1n) is 5.77. The summed E-state index contributed by atoms with van der Waals surface area (Å²) in [5.74, 6) is 1.87. The maximum absolute atomic E-state index is 5.69. The van der Waals surface area contributed by atoms with Gasteiger partial charge in [-0.25, -0.2) is 4.99 Å². The highest BCUT2D eigenvalue weighted by Gasteiger charge is 2.16. The minimum Gasteiger partial charge on any atom is -0.454 e. The molecule has 2 rings (SSSR count). The molecule has 0 atom stereocenters. The van der Waals surface area contributed by atoms with E-state index in [-0.39, 0.29) is 12.8 Å². The molecule has 102 valence electrons. The predicted molar refractivity (Wildman–Crippen MR) is 73.2 cm³/mol. The van der Waals surface area contributed by atoms with Gasteiger partial charge < -0.3 is 25.8 Å². The van der Waals surface area contributed by atoms with Gasteiger partial charge in [0.05, 0.1) is 6.54 Å². The van der Waals surface area contributed by atoms with Crippen LogP contribution in [0.1, 0.15) is 5.56 Å². The van der Waals surface area contributed by atoms with Crippen LogP contribution in [-0.2, 0) is 6.54 Å². The van der Waals surface area contributed by atoms with Crippen molar-refractivity contribution < 1.29 is 9.47 Å². The summed E-state index contributed by atoms with van der Waals surface area (Å²) in [6.07, 6.45) is 0. The van der Waals surface area contributed by atoms with Crippen LogP contribution in [0.4, 0.5) is 0 Å². The maximum Gasteiger partial charge on any atom is 0.231 e. The minimum atomic E-state index is 0.128. The van der Waals surface area contributed by atoms with Gasteiger partial charge in [0.25, 0.3) is 0 Å². The van der Waals surface area contributed by atoms with Crippen molar-refractivity contribution in [3.8, 4) is 11.5 Å². The van der Waals surface area contributed by atoms with Crippen molar-refractivity contribution >= 4 is 11.9 Å². The zero-order valence-electron chi connectivity index (χ0n) is 11.0. The molecule has 0 unspecified atom stereocenters. The standard InChI is InChI=1S/C12H17N5O2/c1-17(2)12(14)16-11(13)15-6-8-4-3-5-9-10(8)19-7-18-9/h3-5H,6-7H2,1-2H3,(H4,13,14,15,16). The van der Waals surface area contributed by atoms with Crippen LogP contribution in [0.3, 0.4) is 0 Å². The normalized spacial score (nSPS) is 14.6. The highest BCUT2D eigenvalue weighted by atomic mass is 16.7. The third kappa shape index (κ3) is 3.06. The van der Waals surface area contributed by atoms with Gasteiger partial charge in [-0.2, -0.15) is 4.99 Å². The van der Waals surface area contributed by atoms with Gasteiger partial charge in [-0.05, 0) is 6.07 Å². The Morgan fingerprint density at radius 1 is 1.32 bits per heavy atom. The summed E-state index contributed by atoms with van der Waals surface area (Å²) in [4.78, 5) is 9.77. The van der Waals surface area contributed by atoms with E-state index in [1.165, 1.54) is 0 Å². The Labute approximate surface area is 111 Å². The van der Waals surface area contributed by atoms with Crippen LogP contribution in [0.25, 0.3) is 0 Å². The largest absolute Gasteiger partial charge is 0.454 e. The zero-order chi connectivity index (χ0) is 13.8. The Kier molecular flexibility index (Phi) is 3.74. The summed E-state index contributed by atoms with van der Waals surface area (Å²) < 4.78 is 10.7. The summed E-state index contributed by atoms with van der Waals surface area (Å²) in [6, 6.07) is 5.64. The number of ether oxygens (including phenoxy) is 2. The molecule has 1 heterocycles. The van der Waals surface area contributed by atoms with Gasteiger partial charge >= 0.3 is 0 Å². The number of hydrogen-bond donors (Lipinski definition) is 2. The fraction of sp³-hybridized carbons (Fsp3) is 0.333. The molecule has 0 aromatic heterocycles. The average Bonchev–Trinajstić information content (AvgIpc) is 2.84. The van der Waals surface area contributed by atoms with Gasteiger partial charge in [0, 0.05) is 19.7 Å². The van der Waals surface area contributed by atoms with Gasteiger partial charge in [0.2, 0.25) is 12.8 Å². The Bertz CT molecular complexity index is 525. The third-order valence-corrected chi connectivity index (χ3v) is 2.58. The fourth-order valence-corrected chi connectivity index (χ4v) is 1.53. The number of rotatable bonds is 2. The first-order valence-corrected chi connectivity index (χ1v) is 5.77. The van der Waals surface area contributed by atoms with E-state index >= 15 is 0 Å². The Morgan fingerprint density at radius 3 is 2.84 bits per heavy atom. The molecule has 0 radical (unpaired) electrons. The Balaban J connectivity index is 2.11. The van der Waals surface area contributed by atoms with E-state index in [0.717, 1.165) is 11.3 Å². The van der Waals surface area contributed by atoms with Crippen molar-refractivity contribution in [2.45, 2.75) is 6.54 Å². The summed E-state index contributed by atoms with van der Waals surface area (Å²) in [5.41, 5.74) is 12.2. The average molecular weight is 263 g/mol. The number of nitrogens with zero attached hydrogens (tertiary/aromatic N) is 3. The number of fused-ring (bicyclic) bond motifs is 1. The SMILES string of the molecule is CN(C)/C(N)=N/C(N)=NCc1cccc2c1OCO2. The van der Waals surface area contributed by atoms with Crippen LogP contribution in [0.15, 0.2) is 28.2 Å². The highest BCUT2D eigenvalue weighted by Crippen LogP contribution is 2.35. The quantitative estimate of drug-likeness (QED) is 0.582. The van der Waals surface area contributed by atoms with Crippen molar-refractivity contribution in [2.24, 2.45) is 21.5 Å². The molecule has 19 heavy (non-hydrogen) atoms. The number of benzene rings is 1. The van der Waals surface area contributed by atoms with Crippen molar-refractivity contribution in [3.63, 3.8) is 0 Å². The Morgan fingerprint density at radius 2 is 2.11 bits per heavy atom. The van der Waals surface area contributed by atoms with E-state index in [1.54, 1.807) is 19.0 Å². The van der Waals surface area contributed by atoms with E-state index in [1.807, 2.05) is 18.2 Å². The van der Waals surface area contributed by atoms with Crippen LogP contribution in [0.5, 0.6) is 11.5 Å². The predicted octanol–water partition coefficient (Wildman–Crippen LogP) is 0.106. The zero-order valence-corrected chi connectivity index (χ0v) is 11.0. The van der Waals surface area contributed by atoms with Gasteiger partial charge in [0.1, 0.15) is 0 Å². The van der Waals surface area contributed by atoms with Crippen LogP contribution < -0.4 is 20.9 Å². The van der Waals surface area contributed by atoms with Gasteiger partial charge in [-0.15, -0.1) is 0 Å². The number of guanidine groups is 2. The van der Waals surface area contributed by atoms with Crippen molar-refractivity contribution in [3.05, 3.63) is 23.8 Å². The molecular formula is C12H17N5O2. The van der Waals surface area contributed by atoms with E-state index in [2.05, 4.69) is 9.98 Å². The second kappa shape index (κ2) is 5.47. The lowest BCUT2D eigenvalue weighted by Gasteiger charge is -2.09. The van der Waals surface area contributed by atoms with Crippen molar-refractivity contribution in [1.82, 2.24) is 4.90 Å². The molecule has 0 aliphatic carbocycles. The van der Waals surface area contributed by atoms with Gasteiger partial charge in [-0.1, -0.05) is 12.1 Å². The molecule has 0 saturated heterocycles. The minimum absolute atomic E-state index is 0.128. The molecule has 1 aliphatic heterocycles. The molecule has 4 N–H and O–H groups in total. The summed E-state index contributed by atoms with van der Waals surface area (Å²) in [5, 5.41) is 0. The molecule has 0 spiro atoms. The second-order valence-electron chi connectivity index (χ2n) is 4.19. The molecule has 0 bridgehead atoms. The number of hydrogen-bond acceptors (Lipinski definition) is 3. The number of para-hydroxylation sites is 1. The summed E-state index contributed by atoms with van der Waals surface area (Å²) >= 11 is 0. The van der Waals surface area contributed by atoms with Crippen LogP contribution >= 0.6 is 0 Å². The first-order chi connectivity index (χ1) is 9.08. The molecule has 1 aliphatic rings. The van der Waals surface area contributed by atoms with Crippen LogP contribution in [0, 0.1) is 0 Å². The fourth-order valence-electron chi connectivity index (χ4n) is 1.53. The molecule has 0 saturated carbocycles. The molecule has 7 heteroatoms. The lowest BCUT2D eigenvalue weighted by atomic mass is 10.2. The smallest absolute Gasteiger partial charge is 0.231 e. The number of aliphatic imine (C=N–C) groups is 2. The molecular weight excluding hydrogens is 246 g/mol. The van der Waals surface area contributed by atoms with Crippen molar-refractivity contribution in [2.75, 3.05) is 20.9 Å². The number of nitrogens with two attached hydrogens (primary N) is 2. The van der Waals surface area contributed by atoms with Crippen LogP contribution in [-0.4, -0.2) is 37.7 Å². The van der Waals surface area contributed by atoms with Gasteiger partial charge in [-0.3, -0.25) is 0 Å². The summed E-state index contributed by atoms with van der Waals surface area (Å²) in [7, 11) is 3.56. The lowest BCUT2D eigenvalue weighted by molar-refractivity contribution is 0.173. The summed E-state index contributed by atoms with van der Waals surface area (Å²) in [6.45, 7) is 0.597. The maximum atomic E-state index is 5.69. The highest BCUT2D eigenvalue weighted by molar-refractivity contribution is 5.93. The third-order valence-electron chi connectivity index (χ3n) is 2.58. The second-order valence-corrected chi connectivity index (χ2v) is 4.19. The Hall–Kier alpha value is -2.44. The van der Waals surface area contributed by atoms with E-state index in [0.29, 0.717) is 18.3 Å². The van der Waals surface area contributed by atoms with Crippen molar-refractivity contribution in [1.29, 1.82) is 0 Å².